The average Bonchev–Trinajstić information content (AvgIpc) is 2.32. The van der Waals surface area contributed by atoms with Crippen molar-refractivity contribution in [2.75, 3.05) is 12.3 Å². The fraction of sp³-hybridized carbons (Fsp3) is 0.600. The van der Waals surface area contributed by atoms with Gasteiger partial charge in [0, 0.05) is 0 Å². The van der Waals surface area contributed by atoms with E-state index in [-0.39, 0.29) is 0 Å². The number of ether oxygens (including phenoxy) is 1. The summed E-state index contributed by atoms with van der Waals surface area (Å²) in [6.45, 7) is 7.28. The molecule has 0 saturated heterocycles. The third kappa shape index (κ3) is 4.29. The molecule has 17 heavy (non-hydrogen) atoms. The van der Waals surface area contributed by atoms with Crippen LogP contribution >= 0.6 is 0 Å². The Balaban J connectivity index is 2.53. The van der Waals surface area contributed by atoms with E-state index in [1.54, 1.807) is 0 Å². The van der Waals surface area contributed by atoms with Gasteiger partial charge in [-0.15, -0.1) is 0 Å². The minimum Gasteiger partial charge on any atom is -0.491 e. The number of para-hydroxylation sites is 1. The predicted molar refractivity (Wildman–Crippen MR) is 74.4 cm³/mol. The van der Waals surface area contributed by atoms with Crippen LogP contribution in [0.1, 0.15) is 45.1 Å². The van der Waals surface area contributed by atoms with Crippen LogP contribution in [0.5, 0.6) is 5.75 Å². The van der Waals surface area contributed by atoms with Gasteiger partial charge in [-0.3, -0.25) is 0 Å². The largest absolute Gasteiger partial charge is 0.491 e. The van der Waals surface area contributed by atoms with Crippen molar-refractivity contribution in [2.45, 2.75) is 46.5 Å². The fourth-order valence-corrected chi connectivity index (χ4v) is 1.97. The minimum absolute atomic E-state index is 0.647. The summed E-state index contributed by atoms with van der Waals surface area (Å²) in [4.78, 5) is 0. The zero-order valence-corrected chi connectivity index (χ0v) is 11.3. The summed E-state index contributed by atoms with van der Waals surface area (Å²) in [5, 5.41) is 0. The van der Waals surface area contributed by atoms with Crippen LogP contribution in [0.3, 0.4) is 0 Å². The molecule has 1 rings (SSSR count). The molecule has 1 aromatic carbocycles. The summed E-state index contributed by atoms with van der Waals surface area (Å²) >= 11 is 0. The lowest BCUT2D eigenvalue weighted by Gasteiger charge is -2.17. The van der Waals surface area contributed by atoms with Crippen molar-refractivity contribution in [1.29, 1.82) is 0 Å². The monoisotopic (exact) mass is 235 g/mol. The second-order valence-corrected chi connectivity index (χ2v) is 4.72. The molecule has 96 valence electrons. The van der Waals surface area contributed by atoms with E-state index in [1.807, 2.05) is 25.1 Å². The maximum atomic E-state index is 5.92. The Bertz CT molecular complexity index is 315. The van der Waals surface area contributed by atoms with Crippen LogP contribution < -0.4 is 10.5 Å². The van der Waals surface area contributed by atoms with Crippen molar-refractivity contribution in [3.8, 4) is 5.75 Å². The standard InChI is InChI=1S/C15H25NO/c1-4-6-9-13(5-2)11-17-15-12(3)8-7-10-14(15)16/h7-8,10,13H,4-6,9,11,16H2,1-3H3. The number of unbranched alkanes of at least 4 members (excludes halogenated alkanes) is 1. The summed E-state index contributed by atoms with van der Waals surface area (Å²) in [5.41, 5.74) is 7.79. The number of rotatable bonds is 7. The average molecular weight is 235 g/mol. The summed E-state index contributed by atoms with van der Waals surface area (Å²) in [6, 6.07) is 5.90. The first-order valence-electron chi connectivity index (χ1n) is 6.66. The van der Waals surface area contributed by atoms with Crippen LogP contribution in [0, 0.1) is 12.8 Å². The van der Waals surface area contributed by atoms with Gasteiger partial charge in [0.15, 0.2) is 0 Å². The van der Waals surface area contributed by atoms with Crippen molar-refractivity contribution in [2.24, 2.45) is 5.92 Å². The molecule has 0 aliphatic carbocycles. The third-order valence-corrected chi connectivity index (χ3v) is 3.25. The highest BCUT2D eigenvalue weighted by Gasteiger charge is 2.09. The first kappa shape index (κ1) is 13.9. The summed E-state index contributed by atoms with van der Waals surface area (Å²) < 4.78 is 5.89. The SMILES string of the molecule is CCCCC(CC)COc1c(C)cccc1N. The van der Waals surface area contributed by atoms with E-state index in [9.17, 15) is 0 Å². The second-order valence-electron chi connectivity index (χ2n) is 4.72. The highest BCUT2D eigenvalue weighted by molar-refractivity contribution is 5.56. The Kier molecular flexibility index (Phi) is 5.88. The van der Waals surface area contributed by atoms with Crippen molar-refractivity contribution < 1.29 is 4.74 Å². The smallest absolute Gasteiger partial charge is 0.145 e. The number of hydrogen-bond acceptors (Lipinski definition) is 2. The Hall–Kier alpha value is -1.18. The molecule has 0 aliphatic rings. The molecule has 0 aromatic heterocycles. The molecule has 2 nitrogen and oxygen atoms in total. The Morgan fingerprint density at radius 1 is 1.29 bits per heavy atom. The third-order valence-electron chi connectivity index (χ3n) is 3.25. The van der Waals surface area contributed by atoms with Crippen molar-refractivity contribution in [3.63, 3.8) is 0 Å². The van der Waals surface area contributed by atoms with Crippen LogP contribution in [0.15, 0.2) is 18.2 Å². The molecule has 0 fully saturated rings. The van der Waals surface area contributed by atoms with Gasteiger partial charge in [0.05, 0.1) is 12.3 Å². The lowest BCUT2D eigenvalue weighted by molar-refractivity contribution is 0.233. The molecule has 0 bridgehead atoms. The molecule has 0 amide bonds. The molecule has 1 unspecified atom stereocenters. The molecule has 0 aliphatic heterocycles. The number of aryl methyl sites for hydroxylation is 1. The topological polar surface area (TPSA) is 35.2 Å². The first-order chi connectivity index (χ1) is 8.19. The summed E-state index contributed by atoms with van der Waals surface area (Å²) in [6.07, 6.45) is 4.96. The second kappa shape index (κ2) is 7.21. The molecule has 1 atom stereocenters. The number of hydrogen-bond donors (Lipinski definition) is 1. The zero-order chi connectivity index (χ0) is 12.7. The van der Waals surface area contributed by atoms with Crippen LogP contribution in [0.2, 0.25) is 0 Å². The molecule has 2 N–H and O–H groups in total. The lowest BCUT2D eigenvalue weighted by atomic mass is 10.0. The van der Waals surface area contributed by atoms with Gasteiger partial charge < -0.3 is 10.5 Å². The number of nitrogen functional groups attached to an aromatic ring is 1. The predicted octanol–water partition coefficient (Wildman–Crippen LogP) is 4.17. The molecule has 0 spiro atoms. The molecule has 0 saturated carbocycles. The van der Waals surface area contributed by atoms with Gasteiger partial charge in [-0.2, -0.15) is 0 Å². The van der Waals surface area contributed by atoms with Gasteiger partial charge in [-0.1, -0.05) is 45.2 Å². The van der Waals surface area contributed by atoms with Gasteiger partial charge in [0.1, 0.15) is 5.75 Å². The normalized spacial score (nSPS) is 12.4. The Morgan fingerprint density at radius 3 is 2.65 bits per heavy atom. The summed E-state index contributed by atoms with van der Waals surface area (Å²) in [5.74, 6) is 1.51. The highest BCUT2D eigenvalue weighted by atomic mass is 16.5. The first-order valence-corrected chi connectivity index (χ1v) is 6.66. The van der Waals surface area contributed by atoms with Crippen molar-refractivity contribution >= 4 is 5.69 Å². The Morgan fingerprint density at radius 2 is 2.06 bits per heavy atom. The molecular weight excluding hydrogens is 210 g/mol. The molecular formula is C15H25NO. The maximum absolute atomic E-state index is 5.92. The molecule has 0 heterocycles. The van der Waals surface area contributed by atoms with E-state index < -0.39 is 0 Å². The van der Waals surface area contributed by atoms with Crippen LogP contribution in [0.25, 0.3) is 0 Å². The van der Waals surface area contributed by atoms with Gasteiger partial charge in [0.2, 0.25) is 0 Å². The van der Waals surface area contributed by atoms with E-state index in [4.69, 9.17) is 10.5 Å². The maximum Gasteiger partial charge on any atom is 0.145 e. The quantitative estimate of drug-likeness (QED) is 0.720. The number of nitrogens with two attached hydrogens (primary N) is 1. The van der Waals surface area contributed by atoms with Gasteiger partial charge in [-0.25, -0.2) is 0 Å². The van der Waals surface area contributed by atoms with Gasteiger partial charge >= 0.3 is 0 Å². The van der Waals surface area contributed by atoms with Gasteiger partial charge in [0.25, 0.3) is 0 Å². The van der Waals surface area contributed by atoms with Crippen molar-refractivity contribution in [1.82, 2.24) is 0 Å². The van der Waals surface area contributed by atoms with Crippen LogP contribution in [-0.4, -0.2) is 6.61 Å². The number of anilines is 1. The van der Waals surface area contributed by atoms with E-state index in [1.165, 1.54) is 25.7 Å². The van der Waals surface area contributed by atoms with E-state index in [0.717, 1.165) is 23.6 Å². The van der Waals surface area contributed by atoms with E-state index >= 15 is 0 Å². The number of benzene rings is 1. The van der Waals surface area contributed by atoms with Crippen molar-refractivity contribution in [3.05, 3.63) is 23.8 Å². The van der Waals surface area contributed by atoms with Crippen LogP contribution in [0.4, 0.5) is 5.69 Å². The Labute approximate surface area is 105 Å². The molecule has 1 aromatic rings. The van der Waals surface area contributed by atoms with E-state index in [0.29, 0.717) is 5.92 Å². The molecule has 2 heteroatoms. The fourth-order valence-electron chi connectivity index (χ4n) is 1.97. The van der Waals surface area contributed by atoms with Gasteiger partial charge in [-0.05, 0) is 30.9 Å². The zero-order valence-electron chi connectivity index (χ0n) is 11.3. The van der Waals surface area contributed by atoms with E-state index in [2.05, 4.69) is 13.8 Å². The molecule has 0 radical (unpaired) electrons. The minimum atomic E-state index is 0.647. The van der Waals surface area contributed by atoms with Crippen LogP contribution in [-0.2, 0) is 0 Å². The summed E-state index contributed by atoms with van der Waals surface area (Å²) in [7, 11) is 0. The lowest BCUT2D eigenvalue weighted by Crippen LogP contribution is -2.12. The highest BCUT2D eigenvalue weighted by Crippen LogP contribution is 2.26.